The van der Waals surface area contributed by atoms with Crippen LogP contribution in [-0.4, -0.2) is 30.7 Å². The largest absolute Gasteiger partial charge is 0.479 e. The second kappa shape index (κ2) is 4.25. The van der Waals surface area contributed by atoms with Crippen LogP contribution in [-0.2, 0) is 16.0 Å². The number of amides is 1. The monoisotopic (exact) mass is 244 g/mol. The molecule has 1 aromatic rings. The molecule has 0 aliphatic carbocycles. The van der Waals surface area contributed by atoms with Gasteiger partial charge in [0.05, 0.1) is 19.4 Å². The Morgan fingerprint density at radius 3 is 3.11 bits per heavy atom. The van der Waals surface area contributed by atoms with Crippen molar-refractivity contribution in [2.24, 2.45) is 4.99 Å². The van der Waals surface area contributed by atoms with Crippen molar-refractivity contribution in [3.05, 3.63) is 29.3 Å². The summed E-state index contributed by atoms with van der Waals surface area (Å²) in [5, 5.41) is 2.74. The first-order chi connectivity index (χ1) is 8.72. The molecule has 2 aliphatic heterocycles. The molecular formula is C13H12N2O3. The van der Waals surface area contributed by atoms with E-state index in [1.807, 2.05) is 0 Å². The molecule has 1 N–H and O–H groups in total. The van der Waals surface area contributed by atoms with E-state index in [4.69, 9.17) is 4.74 Å². The Balaban J connectivity index is 1.78. The van der Waals surface area contributed by atoms with Crippen molar-refractivity contribution in [3.8, 4) is 0 Å². The van der Waals surface area contributed by atoms with Gasteiger partial charge in [0.15, 0.2) is 11.7 Å². The summed E-state index contributed by atoms with van der Waals surface area (Å²) in [6, 6.07) is 5.26. The van der Waals surface area contributed by atoms with E-state index in [0.29, 0.717) is 31.0 Å². The standard InChI is InChI=1S/C13H12N2O3/c16-11(7-13-14-3-4-18-13)8-1-2-10-9(5-8)6-12(17)15-10/h1-2,5H,3-4,6-7H2,(H,15,17). The fourth-order valence-electron chi connectivity index (χ4n) is 2.13. The Hall–Kier alpha value is -2.17. The van der Waals surface area contributed by atoms with Gasteiger partial charge in [0.2, 0.25) is 5.91 Å². The van der Waals surface area contributed by atoms with Gasteiger partial charge in [-0.3, -0.25) is 14.6 Å². The van der Waals surface area contributed by atoms with Crippen LogP contribution >= 0.6 is 0 Å². The van der Waals surface area contributed by atoms with Gasteiger partial charge in [-0.2, -0.15) is 0 Å². The van der Waals surface area contributed by atoms with E-state index in [-0.39, 0.29) is 18.1 Å². The zero-order valence-corrected chi connectivity index (χ0v) is 9.73. The maximum absolute atomic E-state index is 12.0. The Morgan fingerprint density at radius 2 is 2.33 bits per heavy atom. The fraction of sp³-hybridized carbons (Fsp3) is 0.308. The second-order valence-corrected chi connectivity index (χ2v) is 4.32. The van der Waals surface area contributed by atoms with Gasteiger partial charge in [0, 0.05) is 11.3 Å². The number of anilines is 1. The van der Waals surface area contributed by atoms with Gasteiger partial charge in [-0.1, -0.05) is 0 Å². The van der Waals surface area contributed by atoms with Gasteiger partial charge in [-0.25, -0.2) is 0 Å². The minimum absolute atomic E-state index is 0.0295. The van der Waals surface area contributed by atoms with Crippen LogP contribution in [0.2, 0.25) is 0 Å². The first-order valence-electron chi connectivity index (χ1n) is 5.84. The summed E-state index contributed by atoms with van der Waals surface area (Å²) in [5.41, 5.74) is 2.27. The van der Waals surface area contributed by atoms with Gasteiger partial charge in [-0.15, -0.1) is 0 Å². The third-order valence-electron chi connectivity index (χ3n) is 3.01. The number of ketones is 1. The number of carbonyl (C=O) groups excluding carboxylic acids is 2. The Bertz CT molecular complexity index is 563. The van der Waals surface area contributed by atoms with Crippen LogP contribution in [0.1, 0.15) is 22.3 Å². The maximum Gasteiger partial charge on any atom is 0.228 e. The fourth-order valence-corrected chi connectivity index (χ4v) is 2.13. The van der Waals surface area contributed by atoms with Gasteiger partial charge in [-0.05, 0) is 23.8 Å². The van der Waals surface area contributed by atoms with Crippen molar-refractivity contribution in [2.45, 2.75) is 12.8 Å². The number of rotatable bonds is 3. The van der Waals surface area contributed by atoms with Crippen molar-refractivity contribution in [1.29, 1.82) is 0 Å². The number of hydrogen-bond donors (Lipinski definition) is 1. The zero-order valence-electron chi connectivity index (χ0n) is 9.73. The minimum atomic E-state index is -0.0298. The van der Waals surface area contributed by atoms with Crippen molar-refractivity contribution >= 4 is 23.3 Å². The van der Waals surface area contributed by atoms with Crippen LogP contribution in [0.3, 0.4) is 0 Å². The molecule has 0 unspecified atom stereocenters. The van der Waals surface area contributed by atoms with Crippen LogP contribution in [0, 0.1) is 0 Å². The first-order valence-corrected chi connectivity index (χ1v) is 5.84. The predicted molar refractivity (Wildman–Crippen MR) is 66.0 cm³/mol. The summed E-state index contributed by atoms with van der Waals surface area (Å²) in [6.07, 6.45) is 0.536. The summed E-state index contributed by atoms with van der Waals surface area (Å²) >= 11 is 0. The molecule has 3 rings (SSSR count). The average molecular weight is 244 g/mol. The maximum atomic E-state index is 12.0. The molecule has 1 amide bonds. The molecule has 0 fully saturated rings. The molecular weight excluding hydrogens is 232 g/mol. The SMILES string of the molecule is O=C1Cc2cc(C(=O)CC3=NCCO3)ccc2N1. The lowest BCUT2D eigenvalue weighted by molar-refractivity contribution is -0.115. The molecule has 2 heterocycles. The zero-order chi connectivity index (χ0) is 12.5. The number of nitrogens with zero attached hydrogens (tertiary/aromatic N) is 1. The van der Waals surface area contributed by atoms with Crippen molar-refractivity contribution < 1.29 is 14.3 Å². The van der Waals surface area contributed by atoms with E-state index in [2.05, 4.69) is 10.3 Å². The summed E-state index contributed by atoms with van der Waals surface area (Å²) in [6.45, 7) is 1.19. The molecule has 5 nitrogen and oxygen atoms in total. The van der Waals surface area contributed by atoms with Crippen LogP contribution in [0.4, 0.5) is 5.69 Å². The van der Waals surface area contributed by atoms with E-state index in [1.165, 1.54) is 0 Å². The number of ether oxygens (including phenoxy) is 1. The summed E-state index contributed by atoms with van der Waals surface area (Å²) in [4.78, 5) is 27.3. The van der Waals surface area contributed by atoms with Gasteiger partial charge < -0.3 is 10.1 Å². The molecule has 2 aliphatic rings. The number of carbonyl (C=O) groups is 2. The van der Waals surface area contributed by atoms with Crippen molar-refractivity contribution in [2.75, 3.05) is 18.5 Å². The second-order valence-electron chi connectivity index (χ2n) is 4.32. The third kappa shape index (κ3) is 1.99. The lowest BCUT2D eigenvalue weighted by atomic mass is 10.0. The smallest absolute Gasteiger partial charge is 0.228 e. The molecule has 0 radical (unpaired) electrons. The minimum Gasteiger partial charge on any atom is -0.479 e. The molecule has 0 bridgehead atoms. The van der Waals surface area contributed by atoms with Gasteiger partial charge in [0.1, 0.15) is 6.61 Å². The van der Waals surface area contributed by atoms with E-state index < -0.39 is 0 Å². The lowest BCUT2D eigenvalue weighted by Crippen LogP contribution is -2.08. The molecule has 1 aromatic carbocycles. The summed E-state index contributed by atoms with van der Waals surface area (Å²) in [5.74, 6) is 0.450. The molecule has 0 saturated heterocycles. The van der Waals surface area contributed by atoms with E-state index >= 15 is 0 Å². The van der Waals surface area contributed by atoms with E-state index in [0.717, 1.165) is 11.3 Å². The normalized spacial score (nSPS) is 16.9. The number of aliphatic imine (C=N–C) groups is 1. The van der Waals surface area contributed by atoms with Crippen molar-refractivity contribution in [1.82, 2.24) is 0 Å². The third-order valence-corrected chi connectivity index (χ3v) is 3.01. The Morgan fingerprint density at radius 1 is 1.44 bits per heavy atom. The number of nitrogens with one attached hydrogen (secondary N) is 1. The number of benzene rings is 1. The highest BCUT2D eigenvalue weighted by atomic mass is 16.5. The highest BCUT2D eigenvalue weighted by molar-refractivity contribution is 6.08. The quantitative estimate of drug-likeness (QED) is 0.812. The summed E-state index contributed by atoms with van der Waals surface area (Å²) in [7, 11) is 0. The average Bonchev–Trinajstić information content (AvgIpc) is 2.95. The van der Waals surface area contributed by atoms with E-state index in [9.17, 15) is 9.59 Å². The summed E-state index contributed by atoms with van der Waals surface area (Å²) < 4.78 is 5.22. The Kier molecular flexibility index (Phi) is 2.59. The molecule has 18 heavy (non-hydrogen) atoms. The highest BCUT2D eigenvalue weighted by Gasteiger charge is 2.20. The van der Waals surface area contributed by atoms with Gasteiger partial charge in [0.25, 0.3) is 0 Å². The van der Waals surface area contributed by atoms with Crippen LogP contribution < -0.4 is 5.32 Å². The number of hydrogen-bond acceptors (Lipinski definition) is 4. The lowest BCUT2D eigenvalue weighted by Gasteiger charge is -2.04. The number of Topliss-reactive ketones (excluding diaryl/α,β-unsaturated/α-hetero) is 1. The molecule has 0 aromatic heterocycles. The molecule has 92 valence electrons. The topological polar surface area (TPSA) is 67.8 Å². The van der Waals surface area contributed by atoms with Crippen LogP contribution in [0.15, 0.2) is 23.2 Å². The first kappa shape index (κ1) is 11.0. The van der Waals surface area contributed by atoms with Crippen LogP contribution in [0.25, 0.3) is 0 Å². The Labute approximate surface area is 104 Å². The number of fused-ring (bicyclic) bond motifs is 1. The van der Waals surface area contributed by atoms with Crippen molar-refractivity contribution in [3.63, 3.8) is 0 Å². The molecule has 0 spiro atoms. The van der Waals surface area contributed by atoms with E-state index in [1.54, 1.807) is 18.2 Å². The highest BCUT2D eigenvalue weighted by Crippen LogP contribution is 2.24. The molecule has 0 saturated carbocycles. The predicted octanol–water partition coefficient (Wildman–Crippen LogP) is 1.18. The van der Waals surface area contributed by atoms with Crippen LogP contribution in [0.5, 0.6) is 0 Å². The van der Waals surface area contributed by atoms with Gasteiger partial charge >= 0.3 is 0 Å². The molecule has 5 heteroatoms. The molecule has 0 atom stereocenters.